The molecule has 5 nitrogen and oxygen atoms in total. The van der Waals surface area contributed by atoms with E-state index in [0.29, 0.717) is 18.9 Å². The lowest BCUT2D eigenvalue weighted by atomic mass is 9.87. The predicted octanol–water partition coefficient (Wildman–Crippen LogP) is 2.38. The zero-order chi connectivity index (χ0) is 18.3. The third kappa shape index (κ3) is 7.22. The van der Waals surface area contributed by atoms with Gasteiger partial charge >= 0.3 is 19.1 Å². The first-order valence-corrected chi connectivity index (χ1v) is 7.73. The molecule has 0 N–H and O–H groups in total. The van der Waals surface area contributed by atoms with Crippen LogP contribution in [0.5, 0.6) is 0 Å². The third-order valence-corrected chi connectivity index (χ3v) is 3.96. The largest absolute Gasteiger partial charge is 0.673 e. The van der Waals surface area contributed by atoms with E-state index < -0.39 is 13.2 Å². The summed E-state index contributed by atoms with van der Waals surface area (Å²) in [6, 6.07) is 0. The summed E-state index contributed by atoms with van der Waals surface area (Å²) in [5.74, 6) is -0.148. The molecule has 1 heterocycles. The van der Waals surface area contributed by atoms with E-state index in [2.05, 4.69) is 4.74 Å². The second-order valence-corrected chi connectivity index (χ2v) is 5.72. The van der Waals surface area contributed by atoms with Crippen LogP contribution < -0.4 is 0 Å². The summed E-state index contributed by atoms with van der Waals surface area (Å²) in [5.41, 5.74) is 1.21. The van der Waals surface area contributed by atoms with Gasteiger partial charge in [0.15, 0.2) is 12.3 Å². The quantitative estimate of drug-likeness (QED) is 0.250. The van der Waals surface area contributed by atoms with Crippen molar-refractivity contribution in [2.24, 2.45) is 5.92 Å². The third-order valence-electron chi connectivity index (χ3n) is 3.96. The maximum atomic E-state index is 11.9. The zero-order valence-electron chi connectivity index (χ0n) is 13.4. The van der Waals surface area contributed by atoms with Gasteiger partial charge in [-0.05, 0) is 12.8 Å². The Morgan fingerprint density at radius 2 is 1.88 bits per heavy atom. The highest BCUT2D eigenvalue weighted by molar-refractivity contribution is 6.50. The van der Waals surface area contributed by atoms with Crippen molar-refractivity contribution in [3.8, 4) is 0 Å². The van der Waals surface area contributed by atoms with Gasteiger partial charge in [0.05, 0.1) is 25.9 Å². The lowest BCUT2D eigenvalue weighted by Gasteiger charge is -2.13. The highest BCUT2D eigenvalue weighted by atomic mass is 19.5. The van der Waals surface area contributed by atoms with Gasteiger partial charge in [-0.25, -0.2) is 4.79 Å². The van der Waals surface area contributed by atoms with Gasteiger partial charge in [0, 0.05) is 6.42 Å². The van der Waals surface area contributed by atoms with Crippen molar-refractivity contribution < 1.29 is 41.0 Å². The van der Waals surface area contributed by atoms with Gasteiger partial charge in [-0.3, -0.25) is 9.59 Å². The van der Waals surface area contributed by atoms with Gasteiger partial charge in [-0.1, -0.05) is 6.42 Å². The Hall–Kier alpha value is -1.74. The first-order chi connectivity index (χ1) is 11.1. The molecule has 1 saturated carbocycles. The van der Waals surface area contributed by atoms with Crippen molar-refractivity contribution in [2.75, 3.05) is 13.7 Å². The fraction of sp³-hybridized carbons (Fsp3) is 0.714. The van der Waals surface area contributed by atoms with Crippen LogP contribution in [0.3, 0.4) is 0 Å². The van der Waals surface area contributed by atoms with Crippen molar-refractivity contribution in [1.82, 2.24) is 0 Å². The maximum absolute atomic E-state index is 11.9. The van der Waals surface area contributed by atoms with Crippen LogP contribution in [0, 0.1) is 5.92 Å². The molecule has 2 rings (SSSR count). The molecule has 1 atom stereocenters. The molecule has 1 fully saturated rings. The number of hydrogen-bond acceptors (Lipinski definition) is 4. The number of ketones is 1. The monoisotopic (exact) mass is 353 g/mol. The lowest BCUT2D eigenvalue weighted by molar-refractivity contribution is -0.444. The minimum absolute atomic E-state index is 0.132. The van der Waals surface area contributed by atoms with Gasteiger partial charge in [0.2, 0.25) is 0 Å². The van der Waals surface area contributed by atoms with Crippen LogP contribution in [-0.4, -0.2) is 48.9 Å². The second-order valence-electron chi connectivity index (χ2n) is 5.72. The summed E-state index contributed by atoms with van der Waals surface area (Å²) in [4.78, 5) is 34.5. The van der Waals surface area contributed by atoms with Crippen molar-refractivity contribution in [2.45, 2.75) is 44.9 Å². The Morgan fingerprint density at radius 3 is 2.46 bits per heavy atom. The Balaban J connectivity index is 0.000000505. The van der Waals surface area contributed by atoms with Crippen molar-refractivity contribution in [3.63, 3.8) is 0 Å². The maximum Gasteiger partial charge on any atom is 0.673 e. The van der Waals surface area contributed by atoms with Gasteiger partial charge in [0.1, 0.15) is 12.2 Å². The number of halogens is 4. The molecule has 0 saturated heterocycles. The molecule has 2 aliphatic rings. The fourth-order valence-electron chi connectivity index (χ4n) is 2.95. The van der Waals surface area contributed by atoms with E-state index in [-0.39, 0.29) is 24.5 Å². The second kappa shape index (κ2) is 8.93. The van der Waals surface area contributed by atoms with E-state index in [4.69, 9.17) is 0 Å². The van der Waals surface area contributed by atoms with Crippen LogP contribution in [0.25, 0.3) is 0 Å². The fourth-order valence-corrected chi connectivity index (χ4v) is 2.95. The summed E-state index contributed by atoms with van der Waals surface area (Å²) in [7, 11) is -4.73. The molecular formula is C14H20BF4NO4. The molecule has 0 spiro atoms. The molecule has 0 radical (unpaired) electrons. The Bertz CT molecular complexity index is 527. The molecule has 136 valence electrons. The van der Waals surface area contributed by atoms with Gasteiger partial charge < -0.3 is 22.0 Å². The molecule has 10 heteroatoms. The van der Waals surface area contributed by atoms with Crippen LogP contribution in [-0.2, 0) is 19.1 Å². The molecule has 24 heavy (non-hydrogen) atoms. The van der Waals surface area contributed by atoms with E-state index in [9.17, 15) is 31.6 Å². The number of ether oxygens (including phenoxy) is 1. The molecule has 0 aromatic rings. The van der Waals surface area contributed by atoms with E-state index in [1.54, 1.807) is 4.58 Å². The average molecular weight is 353 g/mol. The van der Waals surface area contributed by atoms with Crippen molar-refractivity contribution in [1.29, 1.82) is 0 Å². The number of methoxy groups -OCH3 is 1. The summed E-state index contributed by atoms with van der Waals surface area (Å²) >= 11 is 0. The topological polar surface area (TPSA) is 63.5 Å². The smallest absolute Gasteiger partial charge is 0.469 e. The average Bonchev–Trinajstić information content (AvgIpc) is 2.78. The lowest BCUT2D eigenvalue weighted by Crippen LogP contribution is -2.26. The minimum atomic E-state index is -6.00. The SMILES string of the molecule is COC(=O)CC(=O)CC[N+]1=C2CCCCC2CC1=O.F[B-](F)(F)F. The highest BCUT2D eigenvalue weighted by Crippen LogP contribution is 2.29. The molecule has 0 aromatic heterocycles. The minimum Gasteiger partial charge on any atom is -0.469 e. The molecular weight excluding hydrogens is 333 g/mol. The summed E-state index contributed by atoms with van der Waals surface area (Å²) in [6.45, 7) is 0.417. The van der Waals surface area contributed by atoms with Crippen LogP contribution in [0.15, 0.2) is 0 Å². The number of Topliss-reactive ketones (excluding diaryl/α,β-unsaturated/α-hetero) is 1. The van der Waals surface area contributed by atoms with Gasteiger partial charge in [0.25, 0.3) is 0 Å². The van der Waals surface area contributed by atoms with Crippen LogP contribution in [0.4, 0.5) is 17.3 Å². The van der Waals surface area contributed by atoms with Crippen molar-refractivity contribution >= 4 is 30.6 Å². The number of hydrogen-bond donors (Lipinski definition) is 0. The number of esters is 1. The standard InChI is InChI=1S/C14H20NO4.BF4/c1-19-14(18)9-11(16)6-7-15-12-5-3-2-4-10(12)8-13(15)17;2-1(3,4)5/h10H,2-9H2,1H3;/q+1;-1. The number of carbonyl (C=O) groups excluding carboxylic acids is 3. The van der Waals surface area contributed by atoms with Crippen LogP contribution in [0.1, 0.15) is 44.9 Å². The van der Waals surface area contributed by atoms with Crippen molar-refractivity contribution in [3.05, 3.63) is 0 Å². The first kappa shape index (κ1) is 20.3. The number of fused-ring (bicyclic) bond motifs is 1. The van der Waals surface area contributed by atoms with Gasteiger partial charge in [-0.15, -0.1) is 0 Å². The van der Waals surface area contributed by atoms with Crippen LogP contribution in [0.2, 0.25) is 0 Å². The van der Waals surface area contributed by atoms with E-state index in [1.165, 1.54) is 19.2 Å². The number of rotatable bonds is 5. The summed E-state index contributed by atoms with van der Waals surface area (Å²) in [5, 5.41) is 0. The predicted molar refractivity (Wildman–Crippen MR) is 78.2 cm³/mol. The molecule has 0 aromatic carbocycles. The molecule has 1 unspecified atom stereocenters. The molecule has 1 aliphatic heterocycles. The Kier molecular flexibility index (Phi) is 7.56. The molecule has 0 bridgehead atoms. The number of nitrogens with zero attached hydrogens (tertiary/aromatic N) is 1. The van der Waals surface area contributed by atoms with E-state index in [0.717, 1.165) is 19.3 Å². The number of amides is 1. The molecule has 1 aliphatic carbocycles. The van der Waals surface area contributed by atoms with Crippen LogP contribution >= 0.6 is 0 Å². The number of carbonyl (C=O) groups is 3. The normalized spacial score (nSPS) is 20.2. The highest BCUT2D eigenvalue weighted by Gasteiger charge is 2.41. The van der Waals surface area contributed by atoms with E-state index >= 15 is 0 Å². The summed E-state index contributed by atoms with van der Waals surface area (Å²) in [6.07, 6.45) is 5.02. The Morgan fingerprint density at radius 1 is 1.25 bits per heavy atom. The Labute approximate surface area is 137 Å². The summed E-state index contributed by atoms with van der Waals surface area (Å²) < 4.78 is 45.2. The zero-order valence-corrected chi connectivity index (χ0v) is 13.4. The molecule has 1 amide bonds. The first-order valence-electron chi connectivity index (χ1n) is 7.73. The van der Waals surface area contributed by atoms with Gasteiger partial charge in [-0.2, -0.15) is 4.58 Å². The van der Waals surface area contributed by atoms with E-state index in [1.807, 2.05) is 0 Å².